The first-order chi connectivity index (χ1) is 17.6. The van der Waals surface area contributed by atoms with Gasteiger partial charge in [0.15, 0.2) is 0 Å². The topological polar surface area (TPSA) is 135 Å². The highest BCUT2D eigenvalue weighted by molar-refractivity contribution is 5.94. The average Bonchev–Trinajstić information content (AvgIpc) is 3.59. The Morgan fingerprint density at radius 3 is 2.00 bits per heavy atom. The van der Waals surface area contributed by atoms with Gasteiger partial charge in [-0.2, -0.15) is 31.4 Å². The average molecular weight is 554 g/mol. The van der Waals surface area contributed by atoms with Crippen LogP contribution < -0.4 is 0 Å². The maximum absolute atomic E-state index is 13.0. The first-order valence-electron chi connectivity index (χ1n) is 11.0. The van der Waals surface area contributed by atoms with Gasteiger partial charge in [0.05, 0.1) is 24.5 Å². The number of ether oxygens (including phenoxy) is 1. The Labute approximate surface area is 211 Å². The van der Waals surface area contributed by atoms with Gasteiger partial charge in [-0.3, -0.25) is 14.5 Å². The van der Waals surface area contributed by atoms with Gasteiger partial charge in [-0.25, -0.2) is 9.59 Å². The number of aryl methyl sites for hydroxylation is 1. The molecule has 2 aromatic rings. The zero-order chi connectivity index (χ0) is 28.7. The molecule has 1 aliphatic carbocycles. The van der Waals surface area contributed by atoms with Crippen LogP contribution in [0.25, 0.3) is 0 Å². The molecular weight excluding hydrogens is 530 g/mol. The van der Waals surface area contributed by atoms with Gasteiger partial charge < -0.3 is 19.8 Å². The molecule has 1 aliphatic heterocycles. The third-order valence-electron chi connectivity index (χ3n) is 5.38. The standard InChI is InChI=1S/C18H22N4O2.2C2HF3O2/c1-21-17-15(10-20-21)6-9-22(16(17)12-24-11-13-2-3-13)18(23)14-4-7-19-8-5-14;2*3-2(4,5)1(6)7/h4-5,7-8,10,13,16H,2-3,6,9,11-12H2,1H3;2*(H,6,7). The molecule has 210 valence electrons. The van der Waals surface area contributed by atoms with Gasteiger partial charge in [0, 0.05) is 38.2 Å². The van der Waals surface area contributed by atoms with Crippen molar-refractivity contribution in [3.05, 3.63) is 47.5 Å². The van der Waals surface area contributed by atoms with E-state index in [0.717, 1.165) is 18.7 Å². The second kappa shape index (κ2) is 12.7. The van der Waals surface area contributed by atoms with E-state index in [1.807, 2.05) is 22.8 Å². The Hall–Kier alpha value is -3.69. The molecule has 2 N–H and O–H groups in total. The lowest BCUT2D eigenvalue weighted by molar-refractivity contribution is -0.193. The van der Waals surface area contributed by atoms with Crippen LogP contribution in [-0.2, 0) is 27.8 Å². The lowest BCUT2D eigenvalue weighted by Crippen LogP contribution is -2.42. The second-order valence-corrected chi connectivity index (χ2v) is 8.27. The summed E-state index contributed by atoms with van der Waals surface area (Å²) in [5.74, 6) is -4.77. The molecule has 0 saturated heterocycles. The Kier molecular flexibility index (Phi) is 10.2. The van der Waals surface area contributed by atoms with Crippen molar-refractivity contribution in [3.63, 3.8) is 0 Å². The van der Waals surface area contributed by atoms with Gasteiger partial charge in [0.1, 0.15) is 0 Å². The normalized spacial score (nSPS) is 16.8. The van der Waals surface area contributed by atoms with Crippen LogP contribution in [0.15, 0.2) is 30.7 Å². The molecule has 16 heteroatoms. The van der Waals surface area contributed by atoms with Gasteiger partial charge in [-0.05, 0) is 42.9 Å². The third-order valence-corrected chi connectivity index (χ3v) is 5.38. The predicted molar refractivity (Wildman–Crippen MR) is 116 cm³/mol. The molecule has 10 nitrogen and oxygen atoms in total. The van der Waals surface area contributed by atoms with E-state index < -0.39 is 24.3 Å². The minimum atomic E-state index is -5.08. The number of aliphatic carboxylic acids is 2. The van der Waals surface area contributed by atoms with E-state index in [2.05, 4.69) is 10.1 Å². The van der Waals surface area contributed by atoms with Crippen LogP contribution in [0.1, 0.15) is 40.5 Å². The number of nitrogens with zero attached hydrogens (tertiary/aromatic N) is 4. The minimum Gasteiger partial charge on any atom is -0.475 e. The second-order valence-electron chi connectivity index (χ2n) is 8.27. The highest BCUT2D eigenvalue weighted by Crippen LogP contribution is 2.33. The van der Waals surface area contributed by atoms with Crippen molar-refractivity contribution in [2.24, 2.45) is 13.0 Å². The van der Waals surface area contributed by atoms with E-state index in [4.69, 9.17) is 24.5 Å². The van der Waals surface area contributed by atoms with Crippen LogP contribution in [0.2, 0.25) is 0 Å². The van der Waals surface area contributed by atoms with Gasteiger partial charge >= 0.3 is 24.3 Å². The van der Waals surface area contributed by atoms with Crippen LogP contribution in [0.3, 0.4) is 0 Å². The zero-order valence-electron chi connectivity index (χ0n) is 19.9. The fourth-order valence-electron chi connectivity index (χ4n) is 3.36. The van der Waals surface area contributed by atoms with E-state index in [0.29, 0.717) is 24.6 Å². The molecule has 4 rings (SSSR count). The summed E-state index contributed by atoms with van der Waals surface area (Å²) in [5.41, 5.74) is 2.98. The number of hydrogen-bond acceptors (Lipinski definition) is 6. The molecule has 0 bridgehead atoms. The van der Waals surface area contributed by atoms with Gasteiger partial charge in [-0.15, -0.1) is 0 Å². The number of carbonyl (C=O) groups is 3. The molecule has 3 heterocycles. The highest BCUT2D eigenvalue weighted by atomic mass is 19.4. The summed E-state index contributed by atoms with van der Waals surface area (Å²) in [6.07, 6.45) is -1.57. The number of carboxylic acid groups (broad SMARTS) is 2. The summed E-state index contributed by atoms with van der Waals surface area (Å²) < 4.78 is 71.3. The molecule has 38 heavy (non-hydrogen) atoms. The van der Waals surface area contributed by atoms with Crippen molar-refractivity contribution in [1.29, 1.82) is 0 Å². The summed E-state index contributed by atoms with van der Waals surface area (Å²) >= 11 is 0. The van der Waals surface area contributed by atoms with E-state index >= 15 is 0 Å². The van der Waals surface area contributed by atoms with Gasteiger partial charge in [-0.1, -0.05) is 0 Å². The van der Waals surface area contributed by atoms with Crippen LogP contribution in [-0.4, -0.2) is 79.8 Å². The lowest BCUT2D eigenvalue weighted by Gasteiger charge is -2.36. The summed E-state index contributed by atoms with van der Waals surface area (Å²) in [5, 5.41) is 18.6. The van der Waals surface area contributed by atoms with E-state index in [1.165, 1.54) is 18.4 Å². The van der Waals surface area contributed by atoms with E-state index in [-0.39, 0.29) is 11.9 Å². The van der Waals surface area contributed by atoms with Crippen molar-refractivity contribution < 1.29 is 55.7 Å². The van der Waals surface area contributed by atoms with E-state index in [9.17, 15) is 31.1 Å². The molecule has 0 aromatic carbocycles. The number of fused-ring (bicyclic) bond motifs is 1. The van der Waals surface area contributed by atoms with Gasteiger partial charge in [0.25, 0.3) is 5.91 Å². The van der Waals surface area contributed by atoms with Crippen molar-refractivity contribution >= 4 is 17.8 Å². The number of carboxylic acids is 2. The maximum Gasteiger partial charge on any atom is 0.490 e. The monoisotopic (exact) mass is 554 g/mol. The predicted octanol–water partition coefficient (Wildman–Crippen LogP) is 3.25. The van der Waals surface area contributed by atoms with Crippen LogP contribution in [0.5, 0.6) is 0 Å². The van der Waals surface area contributed by atoms with Crippen LogP contribution in [0, 0.1) is 5.92 Å². The number of alkyl halides is 6. The molecule has 1 fully saturated rings. The van der Waals surface area contributed by atoms with Crippen molar-refractivity contribution in [2.75, 3.05) is 19.8 Å². The molecule has 0 radical (unpaired) electrons. The number of carbonyl (C=O) groups excluding carboxylic acids is 1. The molecule has 1 atom stereocenters. The Balaban J connectivity index is 0.000000301. The number of hydrogen-bond donors (Lipinski definition) is 2. The number of halogens is 6. The highest BCUT2D eigenvalue weighted by Gasteiger charge is 2.39. The summed E-state index contributed by atoms with van der Waals surface area (Å²) in [6, 6.07) is 3.45. The quantitative estimate of drug-likeness (QED) is 0.538. The number of rotatable bonds is 5. The first-order valence-corrected chi connectivity index (χ1v) is 11.0. The molecule has 2 aliphatic rings. The Bertz CT molecular complexity index is 1080. The minimum absolute atomic E-state index is 0.0317. The summed E-state index contributed by atoms with van der Waals surface area (Å²) in [7, 11) is 1.94. The number of amides is 1. The SMILES string of the molecule is Cn1ncc2c1C(COCC1CC1)N(C(=O)c1ccncc1)CC2.O=C(O)C(F)(F)F.O=C(O)C(F)(F)F. The van der Waals surface area contributed by atoms with Crippen LogP contribution >= 0.6 is 0 Å². The van der Waals surface area contributed by atoms with Gasteiger partial charge in [0.2, 0.25) is 0 Å². The molecule has 1 unspecified atom stereocenters. The summed E-state index contributed by atoms with van der Waals surface area (Å²) in [6.45, 7) is 2.01. The van der Waals surface area contributed by atoms with Crippen molar-refractivity contribution in [3.8, 4) is 0 Å². The molecule has 1 saturated carbocycles. The van der Waals surface area contributed by atoms with Crippen LogP contribution in [0.4, 0.5) is 26.3 Å². The van der Waals surface area contributed by atoms with E-state index in [1.54, 1.807) is 24.5 Å². The smallest absolute Gasteiger partial charge is 0.475 e. The lowest BCUT2D eigenvalue weighted by atomic mass is 9.99. The largest absolute Gasteiger partial charge is 0.490 e. The first kappa shape index (κ1) is 30.5. The molecule has 2 aromatic heterocycles. The molecule has 1 amide bonds. The molecule has 0 spiro atoms. The van der Waals surface area contributed by atoms with Crippen molar-refractivity contribution in [1.82, 2.24) is 19.7 Å². The number of pyridine rings is 1. The fraction of sp³-hybridized carbons (Fsp3) is 0.500. The maximum atomic E-state index is 13.0. The fourth-order valence-corrected chi connectivity index (χ4v) is 3.36. The molecular formula is C22H24F6N4O6. The zero-order valence-corrected chi connectivity index (χ0v) is 19.9. The third kappa shape index (κ3) is 9.00. The Morgan fingerprint density at radius 2 is 1.53 bits per heavy atom. The Morgan fingerprint density at radius 1 is 1.00 bits per heavy atom. The number of aromatic nitrogens is 3. The summed E-state index contributed by atoms with van der Waals surface area (Å²) in [4.78, 5) is 36.7. The van der Waals surface area contributed by atoms with Crippen molar-refractivity contribution in [2.45, 2.75) is 37.7 Å².